The minimum Gasteiger partial charge on any atom is -0.481 e. The molecule has 0 bridgehead atoms. The van der Waals surface area contributed by atoms with Gasteiger partial charge in [-0.1, -0.05) is 17.7 Å². The van der Waals surface area contributed by atoms with E-state index in [9.17, 15) is 4.79 Å². The van der Waals surface area contributed by atoms with Gasteiger partial charge in [-0.25, -0.2) is 0 Å². The molecule has 4 heteroatoms. The molecule has 3 nitrogen and oxygen atoms in total. The van der Waals surface area contributed by atoms with Crippen LogP contribution in [-0.2, 0) is 4.79 Å². The highest BCUT2D eigenvalue weighted by atomic mass is 35.5. The molecule has 0 saturated carbocycles. The second kappa shape index (κ2) is 5.32. The van der Waals surface area contributed by atoms with Crippen molar-refractivity contribution in [2.75, 3.05) is 0 Å². The van der Waals surface area contributed by atoms with Crippen molar-refractivity contribution in [2.24, 2.45) is 5.73 Å². The van der Waals surface area contributed by atoms with Crippen molar-refractivity contribution in [1.29, 1.82) is 0 Å². The number of aliphatic carboxylic acids is 1. The van der Waals surface area contributed by atoms with Crippen LogP contribution in [0.5, 0.6) is 0 Å². The SMILES string of the molecule is Cc1cc(C(N)CCC(=O)O)cc(Cl)c1C. The number of aryl methyl sites for hydroxylation is 1. The summed E-state index contributed by atoms with van der Waals surface area (Å²) in [6.07, 6.45) is 0.500. The highest BCUT2D eigenvalue weighted by Crippen LogP contribution is 2.25. The Morgan fingerprint density at radius 1 is 1.50 bits per heavy atom. The summed E-state index contributed by atoms with van der Waals surface area (Å²) in [7, 11) is 0. The summed E-state index contributed by atoms with van der Waals surface area (Å²) in [5.74, 6) is -0.828. The zero-order valence-corrected chi connectivity index (χ0v) is 10.2. The van der Waals surface area contributed by atoms with Crippen LogP contribution >= 0.6 is 11.6 Å². The smallest absolute Gasteiger partial charge is 0.303 e. The predicted octanol–water partition coefficient (Wildman–Crippen LogP) is 2.82. The lowest BCUT2D eigenvalue weighted by Gasteiger charge is -2.13. The van der Waals surface area contributed by atoms with E-state index in [0.29, 0.717) is 11.4 Å². The molecule has 1 aromatic rings. The van der Waals surface area contributed by atoms with Gasteiger partial charge in [0, 0.05) is 17.5 Å². The second-order valence-corrected chi connectivity index (χ2v) is 4.39. The van der Waals surface area contributed by atoms with Crippen LogP contribution in [0, 0.1) is 13.8 Å². The highest BCUT2D eigenvalue weighted by Gasteiger charge is 2.11. The molecule has 0 saturated heterocycles. The fourth-order valence-electron chi connectivity index (χ4n) is 1.50. The molecule has 1 aromatic carbocycles. The third-order valence-electron chi connectivity index (χ3n) is 2.72. The first-order valence-corrected chi connectivity index (χ1v) is 5.53. The molecule has 88 valence electrons. The van der Waals surface area contributed by atoms with Gasteiger partial charge in [0.1, 0.15) is 0 Å². The highest BCUT2D eigenvalue weighted by molar-refractivity contribution is 6.31. The lowest BCUT2D eigenvalue weighted by atomic mass is 9.98. The largest absolute Gasteiger partial charge is 0.481 e. The Morgan fingerprint density at radius 3 is 2.62 bits per heavy atom. The van der Waals surface area contributed by atoms with Gasteiger partial charge in [-0.2, -0.15) is 0 Å². The summed E-state index contributed by atoms with van der Waals surface area (Å²) in [5, 5.41) is 9.26. The van der Waals surface area contributed by atoms with Crippen LogP contribution in [0.2, 0.25) is 5.02 Å². The number of carbonyl (C=O) groups is 1. The molecule has 0 spiro atoms. The zero-order chi connectivity index (χ0) is 12.3. The molecule has 0 heterocycles. The number of carboxylic acids is 1. The number of halogens is 1. The van der Waals surface area contributed by atoms with Gasteiger partial charge in [0.25, 0.3) is 0 Å². The number of carboxylic acid groups (broad SMARTS) is 1. The Morgan fingerprint density at radius 2 is 2.12 bits per heavy atom. The van der Waals surface area contributed by atoms with Crippen LogP contribution < -0.4 is 5.73 Å². The molecule has 1 atom stereocenters. The van der Waals surface area contributed by atoms with E-state index in [2.05, 4.69) is 0 Å². The van der Waals surface area contributed by atoms with Gasteiger partial charge in [-0.05, 0) is 43.0 Å². The molecule has 16 heavy (non-hydrogen) atoms. The maximum Gasteiger partial charge on any atom is 0.303 e. The summed E-state index contributed by atoms with van der Waals surface area (Å²) in [6.45, 7) is 3.92. The minimum atomic E-state index is -0.828. The standard InChI is InChI=1S/C12H16ClNO2/c1-7-5-9(6-10(13)8(7)2)11(14)3-4-12(15)16/h5-6,11H,3-4,14H2,1-2H3,(H,15,16). The molecule has 3 N–H and O–H groups in total. The monoisotopic (exact) mass is 241 g/mol. The van der Waals surface area contributed by atoms with E-state index in [1.807, 2.05) is 26.0 Å². The molecule has 0 aromatic heterocycles. The second-order valence-electron chi connectivity index (χ2n) is 3.98. The molecular formula is C12H16ClNO2. The van der Waals surface area contributed by atoms with E-state index in [1.54, 1.807) is 0 Å². The third kappa shape index (κ3) is 3.22. The van der Waals surface area contributed by atoms with E-state index in [-0.39, 0.29) is 12.5 Å². The molecule has 0 fully saturated rings. The summed E-state index contributed by atoms with van der Waals surface area (Å²) < 4.78 is 0. The van der Waals surface area contributed by atoms with Crippen molar-refractivity contribution in [3.63, 3.8) is 0 Å². The van der Waals surface area contributed by atoms with Gasteiger partial charge in [-0.15, -0.1) is 0 Å². The number of nitrogens with two attached hydrogens (primary N) is 1. The first kappa shape index (κ1) is 13.0. The Labute approximate surface area is 100 Å². The van der Waals surface area contributed by atoms with E-state index in [1.165, 1.54) is 0 Å². The molecule has 1 unspecified atom stereocenters. The Kier molecular flexibility index (Phi) is 4.33. The molecular weight excluding hydrogens is 226 g/mol. The number of benzene rings is 1. The molecule has 0 radical (unpaired) electrons. The average Bonchev–Trinajstić information content (AvgIpc) is 2.21. The first-order chi connectivity index (χ1) is 7.41. The lowest BCUT2D eigenvalue weighted by Crippen LogP contribution is -2.12. The van der Waals surface area contributed by atoms with E-state index in [0.717, 1.165) is 16.7 Å². The zero-order valence-electron chi connectivity index (χ0n) is 9.46. The van der Waals surface area contributed by atoms with Crippen LogP contribution in [0.25, 0.3) is 0 Å². The van der Waals surface area contributed by atoms with E-state index >= 15 is 0 Å². The van der Waals surface area contributed by atoms with Crippen LogP contribution in [-0.4, -0.2) is 11.1 Å². The summed E-state index contributed by atoms with van der Waals surface area (Å²) >= 11 is 6.05. The third-order valence-corrected chi connectivity index (χ3v) is 3.12. The minimum absolute atomic E-state index is 0.0751. The molecule has 0 aliphatic carbocycles. The Hall–Kier alpha value is -1.06. The van der Waals surface area contributed by atoms with Crippen LogP contribution in [0.1, 0.15) is 35.6 Å². The predicted molar refractivity (Wildman–Crippen MR) is 64.7 cm³/mol. The van der Waals surface area contributed by atoms with Gasteiger partial charge in [0.2, 0.25) is 0 Å². The first-order valence-electron chi connectivity index (χ1n) is 5.16. The molecule has 1 rings (SSSR count). The van der Waals surface area contributed by atoms with Crippen molar-refractivity contribution < 1.29 is 9.90 Å². The summed E-state index contributed by atoms with van der Waals surface area (Å²) in [5.41, 5.74) is 8.92. The molecule has 0 amide bonds. The van der Waals surface area contributed by atoms with Crippen molar-refractivity contribution in [1.82, 2.24) is 0 Å². The fraction of sp³-hybridized carbons (Fsp3) is 0.417. The van der Waals surface area contributed by atoms with Crippen LogP contribution in [0.4, 0.5) is 0 Å². The van der Waals surface area contributed by atoms with Gasteiger partial charge in [-0.3, -0.25) is 4.79 Å². The van der Waals surface area contributed by atoms with Crippen LogP contribution in [0.15, 0.2) is 12.1 Å². The number of rotatable bonds is 4. The molecule has 0 aliphatic rings. The molecule has 0 aliphatic heterocycles. The summed E-state index contributed by atoms with van der Waals surface area (Å²) in [4.78, 5) is 10.4. The van der Waals surface area contributed by atoms with Crippen molar-refractivity contribution >= 4 is 17.6 Å². The number of hydrogen-bond acceptors (Lipinski definition) is 2. The van der Waals surface area contributed by atoms with Crippen molar-refractivity contribution in [2.45, 2.75) is 32.7 Å². The van der Waals surface area contributed by atoms with Gasteiger partial charge in [0.15, 0.2) is 0 Å². The van der Waals surface area contributed by atoms with Crippen molar-refractivity contribution in [3.05, 3.63) is 33.8 Å². The van der Waals surface area contributed by atoms with E-state index < -0.39 is 5.97 Å². The Balaban J connectivity index is 2.84. The number of hydrogen-bond donors (Lipinski definition) is 2. The van der Waals surface area contributed by atoms with Crippen LogP contribution in [0.3, 0.4) is 0 Å². The topological polar surface area (TPSA) is 63.3 Å². The fourth-order valence-corrected chi connectivity index (χ4v) is 1.78. The quantitative estimate of drug-likeness (QED) is 0.852. The van der Waals surface area contributed by atoms with Crippen molar-refractivity contribution in [3.8, 4) is 0 Å². The average molecular weight is 242 g/mol. The van der Waals surface area contributed by atoms with Gasteiger partial charge >= 0.3 is 5.97 Å². The summed E-state index contributed by atoms with van der Waals surface area (Å²) in [6, 6.07) is 3.51. The Bertz CT molecular complexity index is 381. The maximum atomic E-state index is 10.4. The normalized spacial score (nSPS) is 12.5. The van der Waals surface area contributed by atoms with Gasteiger partial charge < -0.3 is 10.8 Å². The lowest BCUT2D eigenvalue weighted by molar-refractivity contribution is -0.137. The van der Waals surface area contributed by atoms with Gasteiger partial charge in [0.05, 0.1) is 0 Å². The van der Waals surface area contributed by atoms with E-state index in [4.69, 9.17) is 22.4 Å². The maximum absolute atomic E-state index is 10.4.